The van der Waals surface area contributed by atoms with Crippen molar-refractivity contribution in [2.45, 2.75) is 46.0 Å². The van der Waals surface area contributed by atoms with Crippen molar-refractivity contribution in [1.29, 1.82) is 0 Å². The van der Waals surface area contributed by atoms with Crippen LogP contribution in [0.2, 0.25) is 0 Å². The van der Waals surface area contributed by atoms with Crippen LogP contribution < -0.4 is 4.74 Å². The molecule has 0 fully saturated rings. The number of fused-ring (bicyclic) bond motifs is 3. The highest BCUT2D eigenvalue weighted by Crippen LogP contribution is 2.38. The van der Waals surface area contributed by atoms with Crippen LogP contribution in [0.1, 0.15) is 51.5 Å². The summed E-state index contributed by atoms with van der Waals surface area (Å²) >= 11 is 0. The van der Waals surface area contributed by atoms with Gasteiger partial charge in [0.15, 0.2) is 0 Å². The molecule has 0 aliphatic rings. The first-order chi connectivity index (χ1) is 13.0. The second-order valence-corrected chi connectivity index (χ2v) is 7.22. The van der Waals surface area contributed by atoms with E-state index in [9.17, 15) is 9.59 Å². The van der Waals surface area contributed by atoms with E-state index in [-0.39, 0.29) is 23.4 Å². The van der Waals surface area contributed by atoms with Crippen LogP contribution in [0.3, 0.4) is 0 Å². The zero-order valence-corrected chi connectivity index (χ0v) is 16.4. The van der Waals surface area contributed by atoms with Crippen molar-refractivity contribution >= 4 is 33.3 Å². The maximum absolute atomic E-state index is 13.1. The summed E-state index contributed by atoms with van der Waals surface area (Å²) in [4.78, 5) is 24.7. The van der Waals surface area contributed by atoms with E-state index in [1.54, 1.807) is 20.3 Å². The lowest BCUT2D eigenvalue weighted by Gasteiger charge is -2.18. The molecule has 4 nitrogen and oxygen atoms in total. The molecule has 2 aromatic carbocycles. The van der Waals surface area contributed by atoms with Crippen LogP contribution in [0, 0.1) is 5.92 Å². The van der Waals surface area contributed by atoms with Gasteiger partial charge in [0.1, 0.15) is 22.9 Å². The standard InChI is InChI=1S/C23H26O4/c1-5-14(2)23(25)19(9-6-15(3)24)20-13-27-21-11-7-16-12-17(26-4)8-10-18(16)22(20)21/h7-8,10-14,19H,5-6,9H2,1-4H3. The van der Waals surface area contributed by atoms with Gasteiger partial charge in [-0.3, -0.25) is 4.79 Å². The van der Waals surface area contributed by atoms with Gasteiger partial charge in [-0.15, -0.1) is 0 Å². The molecule has 0 N–H and O–H groups in total. The predicted octanol–water partition coefficient (Wildman–Crippen LogP) is 5.66. The Labute approximate surface area is 159 Å². The van der Waals surface area contributed by atoms with Crippen molar-refractivity contribution in [1.82, 2.24) is 0 Å². The number of rotatable bonds is 8. The predicted molar refractivity (Wildman–Crippen MR) is 107 cm³/mol. The summed E-state index contributed by atoms with van der Waals surface area (Å²) in [5, 5.41) is 3.02. The molecule has 142 valence electrons. The Morgan fingerprint density at radius 3 is 2.63 bits per heavy atom. The Morgan fingerprint density at radius 2 is 1.96 bits per heavy atom. The highest BCUT2D eigenvalue weighted by molar-refractivity contribution is 6.09. The first-order valence-electron chi connectivity index (χ1n) is 9.47. The number of Topliss-reactive ketones (excluding diaryl/α,β-unsaturated/α-hetero) is 2. The van der Waals surface area contributed by atoms with Crippen LogP contribution in [0.5, 0.6) is 5.75 Å². The number of carbonyl (C=O) groups excluding carboxylic acids is 2. The summed E-state index contributed by atoms with van der Waals surface area (Å²) in [6.07, 6.45) is 3.38. The van der Waals surface area contributed by atoms with Crippen LogP contribution in [-0.4, -0.2) is 18.7 Å². The summed E-state index contributed by atoms with van der Waals surface area (Å²) < 4.78 is 11.1. The largest absolute Gasteiger partial charge is 0.497 e. The smallest absolute Gasteiger partial charge is 0.143 e. The van der Waals surface area contributed by atoms with Crippen LogP contribution >= 0.6 is 0 Å². The summed E-state index contributed by atoms with van der Waals surface area (Å²) in [6.45, 7) is 5.54. The van der Waals surface area contributed by atoms with Crippen LogP contribution in [0.25, 0.3) is 21.7 Å². The Kier molecular flexibility index (Phi) is 5.64. The lowest BCUT2D eigenvalue weighted by atomic mass is 9.83. The molecule has 0 aliphatic carbocycles. The Morgan fingerprint density at radius 1 is 1.19 bits per heavy atom. The number of ether oxygens (including phenoxy) is 1. The second kappa shape index (κ2) is 7.95. The maximum atomic E-state index is 13.1. The van der Waals surface area contributed by atoms with Crippen LogP contribution in [0.4, 0.5) is 0 Å². The summed E-state index contributed by atoms with van der Waals surface area (Å²) in [7, 11) is 1.64. The minimum absolute atomic E-state index is 0.0537. The maximum Gasteiger partial charge on any atom is 0.143 e. The molecule has 0 spiro atoms. The molecule has 1 heterocycles. The number of furan rings is 1. The molecule has 3 aromatic rings. The number of ketones is 2. The molecule has 0 saturated carbocycles. The molecule has 0 bridgehead atoms. The van der Waals surface area contributed by atoms with Crippen molar-refractivity contribution in [3.8, 4) is 5.75 Å². The van der Waals surface area contributed by atoms with Gasteiger partial charge in [0, 0.05) is 29.2 Å². The van der Waals surface area contributed by atoms with Crippen molar-refractivity contribution in [3.05, 3.63) is 42.2 Å². The highest BCUT2D eigenvalue weighted by Gasteiger charge is 2.28. The van der Waals surface area contributed by atoms with Gasteiger partial charge in [0.2, 0.25) is 0 Å². The monoisotopic (exact) mass is 366 g/mol. The van der Waals surface area contributed by atoms with E-state index in [2.05, 4.69) is 0 Å². The van der Waals surface area contributed by atoms with Crippen molar-refractivity contribution in [2.75, 3.05) is 7.11 Å². The van der Waals surface area contributed by atoms with Gasteiger partial charge in [-0.1, -0.05) is 19.9 Å². The van der Waals surface area contributed by atoms with Gasteiger partial charge in [-0.25, -0.2) is 0 Å². The quantitative estimate of drug-likeness (QED) is 0.516. The summed E-state index contributed by atoms with van der Waals surface area (Å²) in [6, 6.07) is 9.82. The van der Waals surface area contributed by atoms with Crippen molar-refractivity contribution < 1.29 is 18.7 Å². The highest BCUT2D eigenvalue weighted by atomic mass is 16.5. The summed E-state index contributed by atoms with van der Waals surface area (Å²) in [5.74, 6) is 0.668. The molecule has 0 aliphatic heterocycles. The van der Waals surface area contributed by atoms with Gasteiger partial charge >= 0.3 is 0 Å². The van der Waals surface area contributed by atoms with Crippen LogP contribution in [0.15, 0.2) is 41.0 Å². The Balaban J connectivity index is 2.17. The minimum atomic E-state index is -0.335. The van der Waals surface area contributed by atoms with E-state index in [0.717, 1.165) is 39.5 Å². The number of hydrogen-bond acceptors (Lipinski definition) is 4. The third-order valence-electron chi connectivity index (χ3n) is 5.39. The molecule has 0 radical (unpaired) electrons. The van der Waals surface area contributed by atoms with Crippen molar-refractivity contribution in [2.24, 2.45) is 5.92 Å². The normalized spacial score (nSPS) is 13.6. The van der Waals surface area contributed by atoms with E-state index < -0.39 is 0 Å². The molecular weight excluding hydrogens is 340 g/mol. The molecule has 4 heteroatoms. The van der Waals surface area contributed by atoms with Crippen molar-refractivity contribution in [3.63, 3.8) is 0 Å². The van der Waals surface area contributed by atoms with E-state index in [1.165, 1.54) is 0 Å². The SMILES string of the molecule is CCC(C)C(=O)C(CCC(C)=O)c1coc2ccc3cc(OC)ccc3c12. The Hall–Kier alpha value is -2.62. The van der Waals surface area contributed by atoms with Gasteiger partial charge in [-0.2, -0.15) is 0 Å². The fraction of sp³-hybridized carbons (Fsp3) is 0.391. The fourth-order valence-corrected chi connectivity index (χ4v) is 3.60. The molecule has 2 unspecified atom stereocenters. The Bertz CT molecular complexity index is 983. The first kappa shape index (κ1) is 19.2. The number of carbonyl (C=O) groups is 2. The number of hydrogen-bond donors (Lipinski definition) is 0. The lowest BCUT2D eigenvalue weighted by molar-refractivity contribution is -0.124. The minimum Gasteiger partial charge on any atom is -0.497 e. The molecule has 2 atom stereocenters. The van der Waals surface area contributed by atoms with Gasteiger partial charge in [-0.05, 0) is 54.8 Å². The molecule has 0 saturated heterocycles. The zero-order valence-electron chi connectivity index (χ0n) is 16.4. The number of benzene rings is 2. The van der Waals surface area contributed by atoms with E-state index in [4.69, 9.17) is 9.15 Å². The second-order valence-electron chi connectivity index (χ2n) is 7.22. The van der Waals surface area contributed by atoms with E-state index in [1.807, 2.05) is 44.2 Å². The molecule has 0 amide bonds. The molecule has 1 aromatic heterocycles. The summed E-state index contributed by atoms with van der Waals surface area (Å²) in [5.41, 5.74) is 1.64. The lowest BCUT2D eigenvalue weighted by Crippen LogP contribution is -2.20. The van der Waals surface area contributed by atoms with E-state index >= 15 is 0 Å². The third-order valence-corrected chi connectivity index (χ3v) is 5.39. The first-order valence-corrected chi connectivity index (χ1v) is 9.47. The van der Waals surface area contributed by atoms with Crippen LogP contribution in [-0.2, 0) is 9.59 Å². The fourth-order valence-electron chi connectivity index (χ4n) is 3.60. The topological polar surface area (TPSA) is 56.5 Å². The van der Waals surface area contributed by atoms with Gasteiger partial charge < -0.3 is 13.9 Å². The third kappa shape index (κ3) is 3.75. The zero-order chi connectivity index (χ0) is 19.6. The molecule has 3 rings (SSSR count). The van der Waals surface area contributed by atoms with Gasteiger partial charge in [0.05, 0.1) is 13.4 Å². The van der Waals surface area contributed by atoms with Gasteiger partial charge in [0.25, 0.3) is 0 Å². The van der Waals surface area contributed by atoms with E-state index in [0.29, 0.717) is 12.8 Å². The average Bonchev–Trinajstić information content (AvgIpc) is 3.10. The molecular formula is C23H26O4. The average molecular weight is 366 g/mol. The number of methoxy groups -OCH3 is 1. The molecule has 27 heavy (non-hydrogen) atoms.